The number of esters is 2. The molecule has 0 aromatic rings. The van der Waals surface area contributed by atoms with E-state index in [1.165, 1.54) is 0 Å². The van der Waals surface area contributed by atoms with E-state index in [0.29, 0.717) is 13.2 Å². The van der Waals surface area contributed by atoms with Crippen LogP contribution in [0, 0.1) is 0 Å². The summed E-state index contributed by atoms with van der Waals surface area (Å²) in [6, 6.07) is 0. The highest BCUT2D eigenvalue weighted by molar-refractivity contribution is 7.80. The van der Waals surface area contributed by atoms with E-state index in [-0.39, 0.29) is 0 Å². The molecule has 0 spiro atoms. The number of unbranched alkanes of at least 4 members (excludes halogenated alkanes) is 2. The van der Waals surface area contributed by atoms with Gasteiger partial charge in [-0.2, -0.15) is 25.3 Å². The highest BCUT2D eigenvalue weighted by Gasteiger charge is 2.00. The summed E-state index contributed by atoms with van der Waals surface area (Å²) in [5.74, 6) is 0.487. The van der Waals surface area contributed by atoms with Crippen molar-refractivity contribution in [2.45, 2.75) is 25.7 Å². The molecule has 0 aliphatic carbocycles. The van der Waals surface area contributed by atoms with E-state index in [1.807, 2.05) is 0 Å². The molecule has 0 radical (unpaired) electrons. The summed E-state index contributed by atoms with van der Waals surface area (Å²) in [6.07, 6.45) is 5.51. The number of ether oxygens (including phenoxy) is 2. The molecule has 0 aromatic heterocycles. The summed E-state index contributed by atoms with van der Waals surface area (Å²) in [7, 11) is 0. The van der Waals surface area contributed by atoms with Crippen molar-refractivity contribution in [3.8, 4) is 0 Å². The minimum Gasteiger partial charge on any atom is -0.463 e. The molecule has 0 N–H and O–H groups in total. The van der Waals surface area contributed by atoms with Crippen molar-refractivity contribution in [1.82, 2.24) is 0 Å². The van der Waals surface area contributed by atoms with E-state index in [1.54, 1.807) is 0 Å². The lowest BCUT2D eigenvalue weighted by Gasteiger charge is -2.01. The van der Waals surface area contributed by atoms with Crippen LogP contribution in [-0.4, -0.2) is 36.7 Å². The standard InChI is InChI=1S/C12H20O4S2/c13-11(15-7-1-3-9-17)5-6-12(14)16-8-2-4-10-18/h5-6,17-18H,1-4,7-10H2/b6-5-. The highest BCUT2D eigenvalue weighted by atomic mass is 32.1. The molecule has 0 aliphatic rings. The van der Waals surface area contributed by atoms with Crippen LogP contribution in [-0.2, 0) is 19.1 Å². The topological polar surface area (TPSA) is 52.6 Å². The van der Waals surface area contributed by atoms with Crippen molar-refractivity contribution in [3.63, 3.8) is 0 Å². The van der Waals surface area contributed by atoms with E-state index >= 15 is 0 Å². The van der Waals surface area contributed by atoms with E-state index in [4.69, 9.17) is 9.47 Å². The fraction of sp³-hybridized carbons (Fsp3) is 0.667. The number of rotatable bonds is 10. The molecular weight excluding hydrogens is 272 g/mol. The van der Waals surface area contributed by atoms with Gasteiger partial charge in [-0.25, -0.2) is 9.59 Å². The van der Waals surface area contributed by atoms with Crippen LogP contribution in [0.1, 0.15) is 25.7 Å². The lowest BCUT2D eigenvalue weighted by molar-refractivity contribution is -0.140. The van der Waals surface area contributed by atoms with Gasteiger partial charge in [-0.1, -0.05) is 0 Å². The van der Waals surface area contributed by atoms with Crippen molar-refractivity contribution in [2.75, 3.05) is 24.7 Å². The van der Waals surface area contributed by atoms with Crippen molar-refractivity contribution >= 4 is 37.2 Å². The molecule has 4 nitrogen and oxygen atoms in total. The molecular formula is C12H20O4S2. The maximum Gasteiger partial charge on any atom is 0.331 e. The maximum atomic E-state index is 11.1. The van der Waals surface area contributed by atoms with E-state index in [0.717, 1.165) is 49.3 Å². The van der Waals surface area contributed by atoms with Crippen LogP contribution in [0.15, 0.2) is 12.2 Å². The zero-order chi connectivity index (χ0) is 13.6. The van der Waals surface area contributed by atoms with Gasteiger partial charge in [0.2, 0.25) is 0 Å². The zero-order valence-electron chi connectivity index (χ0n) is 10.3. The molecule has 6 heteroatoms. The van der Waals surface area contributed by atoms with Gasteiger partial charge >= 0.3 is 11.9 Å². The molecule has 18 heavy (non-hydrogen) atoms. The van der Waals surface area contributed by atoms with E-state index < -0.39 is 11.9 Å². The van der Waals surface area contributed by atoms with Crippen molar-refractivity contribution in [2.24, 2.45) is 0 Å². The number of hydrogen-bond acceptors (Lipinski definition) is 6. The van der Waals surface area contributed by atoms with Gasteiger partial charge in [0.25, 0.3) is 0 Å². The van der Waals surface area contributed by atoms with Gasteiger partial charge in [0.05, 0.1) is 13.2 Å². The monoisotopic (exact) mass is 292 g/mol. The van der Waals surface area contributed by atoms with Crippen LogP contribution in [0.2, 0.25) is 0 Å². The summed E-state index contributed by atoms with van der Waals surface area (Å²) in [6.45, 7) is 0.696. The first-order valence-electron chi connectivity index (χ1n) is 5.94. The molecule has 0 fully saturated rings. The number of carbonyl (C=O) groups is 2. The maximum absolute atomic E-state index is 11.1. The van der Waals surface area contributed by atoms with Gasteiger partial charge in [0.15, 0.2) is 0 Å². The van der Waals surface area contributed by atoms with Crippen molar-refractivity contribution in [1.29, 1.82) is 0 Å². The van der Waals surface area contributed by atoms with Gasteiger partial charge in [0.1, 0.15) is 0 Å². The summed E-state index contributed by atoms with van der Waals surface area (Å²) in [4.78, 5) is 22.3. The van der Waals surface area contributed by atoms with Gasteiger partial charge in [-0.15, -0.1) is 0 Å². The molecule has 0 aliphatic heterocycles. The van der Waals surface area contributed by atoms with Crippen LogP contribution < -0.4 is 0 Å². The SMILES string of the molecule is O=C(/C=C\C(=O)OCCCCS)OCCCCS. The summed E-state index contributed by atoms with van der Waals surface area (Å²) < 4.78 is 9.72. The van der Waals surface area contributed by atoms with Gasteiger partial charge in [0, 0.05) is 12.2 Å². The minimum absolute atomic E-state index is 0.348. The Labute approximate surface area is 119 Å². The van der Waals surface area contributed by atoms with Gasteiger partial charge in [-0.3, -0.25) is 0 Å². The molecule has 0 amide bonds. The Morgan fingerprint density at radius 1 is 0.778 bits per heavy atom. The average molecular weight is 292 g/mol. The first kappa shape index (κ1) is 17.4. The summed E-state index contributed by atoms with van der Waals surface area (Å²) >= 11 is 8.08. The average Bonchev–Trinajstić information content (AvgIpc) is 2.37. The molecule has 104 valence electrons. The Morgan fingerprint density at radius 2 is 1.17 bits per heavy atom. The van der Waals surface area contributed by atoms with Crippen molar-refractivity contribution < 1.29 is 19.1 Å². The molecule has 0 unspecified atom stereocenters. The van der Waals surface area contributed by atoms with Crippen LogP contribution in [0.4, 0.5) is 0 Å². The Morgan fingerprint density at radius 3 is 1.50 bits per heavy atom. The normalized spacial score (nSPS) is 10.6. The molecule has 0 heterocycles. The molecule has 0 aromatic carbocycles. The molecule has 0 bridgehead atoms. The van der Waals surface area contributed by atoms with Gasteiger partial charge < -0.3 is 9.47 Å². The first-order chi connectivity index (χ1) is 8.70. The Hall–Kier alpha value is -0.620. The second kappa shape index (κ2) is 12.8. The third-order valence-corrected chi connectivity index (χ3v) is 2.58. The lowest BCUT2D eigenvalue weighted by Crippen LogP contribution is -2.06. The molecule has 0 saturated heterocycles. The third kappa shape index (κ3) is 11.9. The second-order valence-corrected chi connectivity index (χ2v) is 4.42. The molecule has 0 atom stereocenters. The first-order valence-corrected chi connectivity index (χ1v) is 7.20. The Kier molecular flexibility index (Phi) is 12.4. The highest BCUT2D eigenvalue weighted by Crippen LogP contribution is 1.95. The zero-order valence-corrected chi connectivity index (χ0v) is 12.1. The summed E-state index contributed by atoms with van der Waals surface area (Å²) in [5.41, 5.74) is 0. The van der Waals surface area contributed by atoms with Crippen LogP contribution in [0.5, 0.6) is 0 Å². The molecule has 0 rings (SSSR count). The largest absolute Gasteiger partial charge is 0.463 e. The lowest BCUT2D eigenvalue weighted by atomic mass is 10.3. The fourth-order valence-corrected chi connectivity index (χ4v) is 1.45. The van der Waals surface area contributed by atoms with Gasteiger partial charge in [-0.05, 0) is 37.2 Å². The Bertz CT molecular complexity index is 241. The Balaban J connectivity index is 3.58. The van der Waals surface area contributed by atoms with E-state index in [9.17, 15) is 9.59 Å². The predicted molar refractivity (Wildman–Crippen MR) is 77.2 cm³/mol. The third-order valence-electron chi connectivity index (χ3n) is 1.95. The fourth-order valence-electron chi connectivity index (χ4n) is 1.01. The number of hydrogen-bond donors (Lipinski definition) is 2. The van der Waals surface area contributed by atoms with E-state index in [2.05, 4.69) is 25.3 Å². The summed E-state index contributed by atoms with van der Waals surface area (Å²) in [5, 5.41) is 0. The van der Waals surface area contributed by atoms with Crippen LogP contribution in [0.3, 0.4) is 0 Å². The predicted octanol–water partition coefficient (Wildman–Crippen LogP) is 2.05. The minimum atomic E-state index is -0.526. The second-order valence-electron chi connectivity index (χ2n) is 3.53. The molecule has 0 saturated carbocycles. The quantitative estimate of drug-likeness (QED) is 0.280. The van der Waals surface area contributed by atoms with Crippen molar-refractivity contribution in [3.05, 3.63) is 12.2 Å². The smallest absolute Gasteiger partial charge is 0.331 e. The van der Waals surface area contributed by atoms with Crippen LogP contribution >= 0.6 is 25.3 Å². The van der Waals surface area contributed by atoms with Crippen LogP contribution in [0.25, 0.3) is 0 Å². The number of thiol groups is 2. The number of carbonyl (C=O) groups excluding carboxylic acids is 2.